The molecule has 0 aliphatic carbocycles. The van der Waals surface area contributed by atoms with Crippen LogP contribution in [0.3, 0.4) is 0 Å². The molecule has 0 saturated carbocycles. The summed E-state index contributed by atoms with van der Waals surface area (Å²) in [5.74, 6) is -0.343. The minimum Gasteiger partial charge on any atom is -0.335 e. The van der Waals surface area contributed by atoms with Gasteiger partial charge in [-0.1, -0.05) is 48.5 Å². The standard InChI is InChI=1S/C21H24N2O2/c1-14-8-7-9-15(2)20(14)22-21(25)18-12-19(24)23(13-18)16(3)17-10-5-4-6-11-17/h4-11,16,18H,12-13H2,1-3H3,(H,22,25)/t16-,18-/m0/s1. The molecule has 1 aliphatic heterocycles. The highest BCUT2D eigenvalue weighted by molar-refractivity contribution is 5.98. The van der Waals surface area contributed by atoms with Gasteiger partial charge in [0.1, 0.15) is 0 Å². The lowest BCUT2D eigenvalue weighted by Crippen LogP contribution is -2.30. The molecule has 1 heterocycles. The number of para-hydroxylation sites is 1. The zero-order valence-corrected chi connectivity index (χ0v) is 15.0. The first kappa shape index (κ1) is 17.2. The average Bonchev–Trinajstić information content (AvgIpc) is 3.00. The van der Waals surface area contributed by atoms with Gasteiger partial charge in [0.25, 0.3) is 0 Å². The second-order valence-electron chi connectivity index (χ2n) is 6.79. The van der Waals surface area contributed by atoms with Crippen molar-refractivity contribution in [3.63, 3.8) is 0 Å². The summed E-state index contributed by atoms with van der Waals surface area (Å²) in [6.45, 7) is 6.43. The van der Waals surface area contributed by atoms with Gasteiger partial charge in [0.2, 0.25) is 11.8 Å². The maximum atomic E-state index is 12.7. The van der Waals surface area contributed by atoms with E-state index in [1.165, 1.54) is 0 Å². The number of hydrogen-bond donors (Lipinski definition) is 1. The largest absolute Gasteiger partial charge is 0.335 e. The number of amides is 2. The molecule has 2 amide bonds. The number of carbonyl (C=O) groups excluding carboxylic acids is 2. The predicted molar refractivity (Wildman–Crippen MR) is 99.2 cm³/mol. The number of hydrogen-bond acceptors (Lipinski definition) is 2. The van der Waals surface area contributed by atoms with Gasteiger partial charge in [-0.15, -0.1) is 0 Å². The van der Waals surface area contributed by atoms with Crippen LogP contribution in [0.25, 0.3) is 0 Å². The van der Waals surface area contributed by atoms with Crippen molar-refractivity contribution in [1.82, 2.24) is 4.90 Å². The van der Waals surface area contributed by atoms with E-state index in [-0.39, 0.29) is 30.2 Å². The van der Waals surface area contributed by atoms with E-state index in [9.17, 15) is 9.59 Å². The molecule has 0 radical (unpaired) electrons. The molecular formula is C21H24N2O2. The molecule has 4 heteroatoms. The van der Waals surface area contributed by atoms with Crippen LogP contribution in [0.4, 0.5) is 5.69 Å². The van der Waals surface area contributed by atoms with Crippen molar-refractivity contribution in [2.45, 2.75) is 33.2 Å². The number of nitrogens with one attached hydrogen (secondary N) is 1. The molecule has 25 heavy (non-hydrogen) atoms. The molecule has 1 saturated heterocycles. The Kier molecular flexibility index (Phi) is 4.88. The van der Waals surface area contributed by atoms with Gasteiger partial charge in [-0.3, -0.25) is 9.59 Å². The lowest BCUT2D eigenvalue weighted by atomic mass is 10.1. The van der Waals surface area contributed by atoms with Crippen LogP contribution in [0.15, 0.2) is 48.5 Å². The number of nitrogens with zero attached hydrogens (tertiary/aromatic N) is 1. The maximum absolute atomic E-state index is 12.7. The van der Waals surface area contributed by atoms with Crippen LogP contribution in [0, 0.1) is 19.8 Å². The van der Waals surface area contributed by atoms with E-state index in [1.807, 2.05) is 74.2 Å². The molecule has 0 unspecified atom stereocenters. The van der Waals surface area contributed by atoms with Crippen molar-refractivity contribution in [3.05, 3.63) is 65.2 Å². The second-order valence-corrected chi connectivity index (χ2v) is 6.79. The summed E-state index contributed by atoms with van der Waals surface area (Å²) in [5.41, 5.74) is 4.01. The van der Waals surface area contributed by atoms with Crippen LogP contribution in [-0.4, -0.2) is 23.3 Å². The molecule has 1 N–H and O–H groups in total. The molecule has 1 aliphatic rings. The van der Waals surface area contributed by atoms with E-state index in [0.717, 1.165) is 22.4 Å². The average molecular weight is 336 g/mol. The number of aryl methyl sites for hydroxylation is 2. The summed E-state index contributed by atoms with van der Waals surface area (Å²) in [6, 6.07) is 15.8. The quantitative estimate of drug-likeness (QED) is 0.922. The highest BCUT2D eigenvalue weighted by Gasteiger charge is 2.37. The fraction of sp³-hybridized carbons (Fsp3) is 0.333. The zero-order valence-electron chi connectivity index (χ0n) is 15.0. The Morgan fingerprint density at radius 1 is 1.08 bits per heavy atom. The van der Waals surface area contributed by atoms with Crippen molar-refractivity contribution in [3.8, 4) is 0 Å². The first-order valence-corrected chi connectivity index (χ1v) is 8.69. The van der Waals surface area contributed by atoms with E-state index in [2.05, 4.69) is 5.32 Å². The van der Waals surface area contributed by atoms with Crippen molar-refractivity contribution in [2.24, 2.45) is 5.92 Å². The normalized spacial score (nSPS) is 18.3. The molecular weight excluding hydrogens is 312 g/mol. The molecule has 2 aromatic rings. The summed E-state index contributed by atoms with van der Waals surface area (Å²) in [4.78, 5) is 26.9. The summed E-state index contributed by atoms with van der Waals surface area (Å²) in [7, 11) is 0. The third-order valence-corrected chi connectivity index (χ3v) is 5.01. The second kappa shape index (κ2) is 7.09. The van der Waals surface area contributed by atoms with Crippen molar-refractivity contribution < 1.29 is 9.59 Å². The molecule has 130 valence electrons. The third kappa shape index (κ3) is 3.58. The Morgan fingerprint density at radius 3 is 2.36 bits per heavy atom. The zero-order chi connectivity index (χ0) is 18.0. The van der Waals surface area contributed by atoms with Gasteiger partial charge >= 0.3 is 0 Å². The molecule has 0 aromatic heterocycles. The molecule has 0 spiro atoms. The van der Waals surface area contributed by atoms with E-state index in [4.69, 9.17) is 0 Å². The first-order chi connectivity index (χ1) is 12.0. The number of rotatable bonds is 4. The van der Waals surface area contributed by atoms with Crippen LogP contribution in [-0.2, 0) is 9.59 Å². The molecule has 2 aromatic carbocycles. The van der Waals surface area contributed by atoms with Gasteiger partial charge in [0.05, 0.1) is 12.0 Å². The molecule has 1 fully saturated rings. The fourth-order valence-electron chi connectivity index (χ4n) is 3.43. The topological polar surface area (TPSA) is 49.4 Å². The minimum absolute atomic E-state index is 0.0216. The third-order valence-electron chi connectivity index (χ3n) is 5.01. The van der Waals surface area contributed by atoms with Gasteiger partial charge in [-0.25, -0.2) is 0 Å². The van der Waals surface area contributed by atoms with Crippen LogP contribution in [0.2, 0.25) is 0 Å². The van der Waals surface area contributed by atoms with Crippen molar-refractivity contribution in [1.29, 1.82) is 0 Å². The number of anilines is 1. The van der Waals surface area contributed by atoms with E-state index in [0.29, 0.717) is 6.54 Å². The SMILES string of the molecule is Cc1cccc(C)c1NC(=O)[C@H]1CC(=O)N([C@@H](C)c2ccccc2)C1. The van der Waals surface area contributed by atoms with Crippen LogP contribution in [0.5, 0.6) is 0 Å². The van der Waals surface area contributed by atoms with E-state index in [1.54, 1.807) is 0 Å². The molecule has 0 bridgehead atoms. The maximum Gasteiger partial charge on any atom is 0.229 e. The lowest BCUT2D eigenvalue weighted by Gasteiger charge is -2.25. The molecule has 4 nitrogen and oxygen atoms in total. The minimum atomic E-state index is -0.308. The van der Waals surface area contributed by atoms with E-state index < -0.39 is 0 Å². The summed E-state index contributed by atoms with van der Waals surface area (Å²) < 4.78 is 0. The number of carbonyl (C=O) groups is 2. The van der Waals surface area contributed by atoms with Gasteiger partial charge in [0.15, 0.2) is 0 Å². The van der Waals surface area contributed by atoms with Gasteiger partial charge in [-0.05, 0) is 37.5 Å². The highest BCUT2D eigenvalue weighted by atomic mass is 16.2. The van der Waals surface area contributed by atoms with Crippen LogP contribution >= 0.6 is 0 Å². The summed E-state index contributed by atoms with van der Waals surface area (Å²) in [6.07, 6.45) is 0.272. The van der Waals surface area contributed by atoms with Gasteiger partial charge in [0, 0.05) is 18.7 Å². The molecule has 3 rings (SSSR count). The highest BCUT2D eigenvalue weighted by Crippen LogP contribution is 2.29. The fourth-order valence-corrected chi connectivity index (χ4v) is 3.43. The van der Waals surface area contributed by atoms with Gasteiger partial charge in [-0.2, -0.15) is 0 Å². The number of likely N-dealkylation sites (tertiary alicyclic amines) is 1. The Morgan fingerprint density at radius 2 is 1.72 bits per heavy atom. The number of benzene rings is 2. The predicted octanol–water partition coefficient (Wildman–Crippen LogP) is 3.85. The lowest BCUT2D eigenvalue weighted by molar-refractivity contribution is -0.129. The first-order valence-electron chi connectivity index (χ1n) is 8.69. The summed E-state index contributed by atoms with van der Waals surface area (Å²) >= 11 is 0. The monoisotopic (exact) mass is 336 g/mol. The Balaban J connectivity index is 1.71. The Bertz CT molecular complexity index is 765. The van der Waals surface area contributed by atoms with Crippen LogP contribution in [0.1, 0.15) is 36.1 Å². The summed E-state index contributed by atoms with van der Waals surface area (Å²) in [5, 5.41) is 3.02. The van der Waals surface area contributed by atoms with Crippen molar-refractivity contribution in [2.75, 3.05) is 11.9 Å². The van der Waals surface area contributed by atoms with E-state index >= 15 is 0 Å². The van der Waals surface area contributed by atoms with Gasteiger partial charge < -0.3 is 10.2 Å². The van der Waals surface area contributed by atoms with Crippen LogP contribution < -0.4 is 5.32 Å². The Labute approximate surface area is 148 Å². The molecule has 2 atom stereocenters. The van der Waals surface area contributed by atoms with Crippen molar-refractivity contribution >= 4 is 17.5 Å². The smallest absolute Gasteiger partial charge is 0.229 e. The Hall–Kier alpha value is -2.62.